The van der Waals surface area contributed by atoms with Crippen molar-refractivity contribution in [1.82, 2.24) is 9.78 Å². The standard InChI is InChI=1S/C17H13ClN2OS/c1-20-17(22-14-9-7-13(18)8-10-14)15(11-21)16(19-20)12-5-3-2-4-6-12/h2-11H,1H3. The van der Waals surface area contributed by atoms with Gasteiger partial charge in [-0.05, 0) is 24.3 Å². The maximum Gasteiger partial charge on any atom is 0.155 e. The average Bonchev–Trinajstić information content (AvgIpc) is 2.86. The van der Waals surface area contributed by atoms with Gasteiger partial charge in [-0.1, -0.05) is 53.7 Å². The van der Waals surface area contributed by atoms with Gasteiger partial charge in [0.05, 0.1) is 5.56 Å². The number of benzene rings is 2. The van der Waals surface area contributed by atoms with Crippen LogP contribution in [0.5, 0.6) is 0 Å². The number of carbonyl (C=O) groups excluding carboxylic acids is 1. The van der Waals surface area contributed by atoms with Crippen LogP contribution in [0, 0.1) is 0 Å². The van der Waals surface area contributed by atoms with Crippen LogP contribution in [0.1, 0.15) is 10.4 Å². The molecule has 0 aliphatic carbocycles. The molecule has 0 spiro atoms. The first-order valence-corrected chi connectivity index (χ1v) is 7.89. The van der Waals surface area contributed by atoms with Crippen molar-refractivity contribution in [1.29, 1.82) is 0 Å². The fraction of sp³-hybridized carbons (Fsp3) is 0.0588. The largest absolute Gasteiger partial charge is 0.298 e. The molecule has 3 nitrogen and oxygen atoms in total. The second kappa shape index (κ2) is 6.38. The molecule has 0 amide bonds. The molecular weight excluding hydrogens is 316 g/mol. The van der Waals surface area contributed by atoms with E-state index in [1.54, 1.807) is 4.68 Å². The molecule has 1 aromatic heterocycles. The van der Waals surface area contributed by atoms with Crippen molar-refractivity contribution in [2.45, 2.75) is 9.92 Å². The third-order valence-electron chi connectivity index (χ3n) is 3.22. The van der Waals surface area contributed by atoms with E-state index in [4.69, 9.17) is 11.6 Å². The highest BCUT2D eigenvalue weighted by Gasteiger charge is 2.17. The number of carbonyl (C=O) groups is 1. The minimum atomic E-state index is 0.605. The minimum absolute atomic E-state index is 0.605. The molecule has 0 saturated heterocycles. The molecule has 22 heavy (non-hydrogen) atoms. The van der Waals surface area contributed by atoms with Crippen molar-refractivity contribution >= 4 is 29.6 Å². The van der Waals surface area contributed by atoms with E-state index < -0.39 is 0 Å². The van der Waals surface area contributed by atoms with Gasteiger partial charge in [-0.15, -0.1) is 0 Å². The third-order valence-corrected chi connectivity index (χ3v) is 4.66. The molecule has 5 heteroatoms. The van der Waals surface area contributed by atoms with Gasteiger partial charge in [-0.3, -0.25) is 9.48 Å². The molecule has 0 aliphatic rings. The molecule has 0 atom stereocenters. The summed E-state index contributed by atoms with van der Waals surface area (Å²) in [6.07, 6.45) is 0.869. The Labute approximate surface area is 137 Å². The van der Waals surface area contributed by atoms with Crippen molar-refractivity contribution in [3.63, 3.8) is 0 Å². The fourth-order valence-corrected chi connectivity index (χ4v) is 3.22. The van der Waals surface area contributed by atoms with Crippen molar-refractivity contribution in [3.05, 3.63) is 65.2 Å². The zero-order valence-electron chi connectivity index (χ0n) is 11.9. The van der Waals surface area contributed by atoms with Gasteiger partial charge in [0.25, 0.3) is 0 Å². The second-order valence-corrected chi connectivity index (χ2v) is 6.23. The molecule has 1 heterocycles. The molecule has 0 bridgehead atoms. The van der Waals surface area contributed by atoms with Gasteiger partial charge in [0.1, 0.15) is 10.7 Å². The number of aryl methyl sites for hydroxylation is 1. The Kier molecular flexibility index (Phi) is 4.32. The van der Waals surface area contributed by atoms with Crippen LogP contribution in [0.2, 0.25) is 5.02 Å². The molecule has 3 aromatic rings. The van der Waals surface area contributed by atoms with Crippen LogP contribution in [0.4, 0.5) is 0 Å². The zero-order chi connectivity index (χ0) is 15.5. The highest BCUT2D eigenvalue weighted by molar-refractivity contribution is 7.99. The van der Waals surface area contributed by atoms with Gasteiger partial charge in [0.2, 0.25) is 0 Å². The van der Waals surface area contributed by atoms with Crippen molar-refractivity contribution in [2.75, 3.05) is 0 Å². The first kappa shape index (κ1) is 14.9. The van der Waals surface area contributed by atoms with Crippen molar-refractivity contribution in [2.24, 2.45) is 7.05 Å². The lowest BCUT2D eigenvalue weighted by atomic mass is 10.1. The number of aromatic nitrogens is 2. The van der Waals surface area contributed by atoms with E-state index in [1.807, 2.05) is 61.6 Å². The summed E-state index contributed by atoms with van der Waals surface area (Å²) in [5.74, 6) is 0. The monoisotopic (exact) mass is 328 g/mol. The quantitative estimate of drug-likeness (QED) is 0.651. The van der Waals surface area contributed by atoms with Crippen molar-refractivity contribution in [3.8, 4) is 11.3 Å². The Morgan fingerprint density at radius 1 is 1.09 bits per heavy atom. The summed E-state index contributed by atoms with van der Waals surface area (Å²) in [4.78, 5) is 12.6. The third kappa shape index (κ3) is 2.93. The molecule has 110 valence electrons. The summed E-state index contributed by atoms with van der Waals surface area (Å²) >= 11 is 7.41. The molecule has 2 aromatic carbocycles. The van der Waals surface area contributed by atoms with E-state index in [9.17, 15) is 4.79 Å². The summed E-state index contributed by atoms with van der Waals surface area (Å²) in [5.41, 5.74) is 2.24. The number of hydrogen-bond acceptors (Lipinski definition) is 3. The summed E-state index contributed by atoms with van der Waals surface area (Å²) in [5, 5.41) is 6.01. The molecule has 0 radical (unpaired) electrons. The second-order valence-electron chi connectivity index (χ2n) is 4.73. The predicted molar refractivity (Wildman–Crippen MR) is 89.6 cm³/mol. The molecule has 3 rings (SSSR count). The fourth-order valence-electron chi connectivity index (χ4n) is 2.18. The summed E-state index contributed by atoms with van der Waals surface area (Å²) in [6, 6.07) is 17.2. The van der Waals surface area contributed by atoms with Gasteiger partial charge >= 0.3 is 0 Å². The smallest absolute Gasteiger partial charge is 0.155 e. The number of aldehydes is 1. The van der Waals surface area contributed by atoms with Crippen LogP contribution in [-0.2, 0) is 7.05 Å². The van der Waals surface area contributed by atoms with Gasteiger partial charge in [-0.25, -0.2) is 0 Å². The molecule has 0 saturated carbocycles. The van der Waals surface area contributed by atoms with E-state index in [1.165, 1.54) is 11.8 Å². The van der Waals surface area contributed by atoms with Gasteiger partial charge in [0, 0.05) is 22.5 Å². The summed E-state index contributed by atoms with van der Waals surface area (Å²) < 4.78 is 1.74. The number of rotatable bonds is 4. The highest BCUT2D eigenvalue weighted by Crippen LogP contribution is 2.34. The lowest BCUT2D eigenvalue weighted by Crippen LogP contribution is -1.93. The molecule has 0 unspecified atom stereocenters. The first-order valence-electron chi connectivity index (χ1n) is 6.70. The van der Waals surface area contributed by atoms with Crippen LogP contribution in [0.3, 0.4) is 0 Å². The Bertz CT molecular complexity index is 798. The van der Waals surface area contributed by atoms with Crippen LogP contribution in [0.15, 0.2) is 64.5 Å². The Hall–Kier alpha value is -2.04. The van der Waals surface area contributed by atoms with E-state index in [2.05, 4.69) is 5.10 Å². The van der Waals surface area contributed by atoms with Crippen LogP contribution < -0.4 is 0 Å². The normalized spacial score (nSPS) is 10.6. The molecule has 0 aliphatic heterocycles. The van der Waals surface area contributed by atoms with Crippen LogP contribution in [0.25, 0.3) is 11.3 Å². The Morgan fingerprint density at radius 3 is 2.41 bits per heavy atom. The predicted octanol–water partition coefficient (Wildman–Crippen LogP) is 4.70. The lowest BCUT2D eigenvalue weighted by Gasteiger charge is -2.03. The summed E-state index contributed by atoms with van der Waals surface area (Å²) in [7, 11) is 1.84. The maximum atomic E-state index is 11.6. The Balaban J connectivity index is 2.03. The van der Waals surface area contributed by atoms with Crippen molar-refractivity contribution < 1.29 is 4.79 Å². The van der Waals surface area contributed by atoms with Crippen LogP contribution in [-0.4, -0.2) is 16.1 Å². The Morgan fingerprint density at radius 2 is 1.77 bits per heavy atom. The number of hydrogen-bond donors (Lipinski definition) is 0. The van der Waals surface area contributed by atoms with Gasteiger partial charge in [-0.2, -0.15) is 5.10 Å². The van der Waals surface area contributed by atoms with Gasteiger partial charge < -0.3 is 0 Å². The van der Waals surface area contributed by atoms with E-state index >= 15 is 0 Å². The van der Waals surface area contributed by atoms with E-state index in [0.29, 0.717) is 16.3 Å². The van der Waals surface area contributed by atoms with E-state index in [0.717, 1.165) is 21.8 Å². The van der Waals surface area contributed by atoms with Crippen LogP contribution >= 0.6 is 23.4 Å². The SMILES string of the molecule is Cn1nc(-c2ccccc2)c(C=O)c1Sc1ccc(Cl)cc1. The minimum Gasteiger partial charge on any atom is -0.298 e. The number of halogens is 1. The average molecular weight is 329 g/mol. The van der Waals surface area contributed by atoms with Gasteiger partial charge in [0.15, 0.2) is 6.29 Å². The first-order chi connectivity index (χ1) is 10.7. The summed E-state index contributed by atoms with van der Waals surface area (Å²) in [6.45, 7) is 0. The maximum absolute atomic E-state index is 11.6. The number of nitrogens with zero attached hydrogens (tertiary/aromatic N) is 2. The molecule has 0 N–H and O–H groups in total. The molecule has 0 fully saturated rings. The highest BCUT2D eigenvalue weighted by atomic mass is 35.5. The molecular formula is C17H13ClN2OS. The lowest BCUT2D eigenvalue weighted by molar-refractivity contribution is 0.112. The van der Waals surface area contributed by atoms with E-state index in [-0.39, 0.29) is 0 Å². The topological polar surface area (TPSA) is 34.9 Å². The zero-order valence-corrected chi connectivity index (χ0v) is 13.4.